The van der Waals surface area contributed by atoms with Crippen molar-refractivity contribution >= 4 is 23.2 Å². The molecule has 1 unspecified atom stereocenters. The minimum atomic E-state index is -0.389. The minimum absolute atomic E-state index is 0.0623. The number of rotatable bonds is 7. The SMILES string of the molecule is CC(Nc1ccc(CC(=O)N(C)C)cc1)C(=O)Nc1ccccc1C(C)C. The van der Waals surface area contributed by atoms with Crippen LogP contribution in [-0.4, -0.2) is 36.9 Å². The minimum Gasteiger partial charge on any atom is -0.374 e. The van der Waals surface area contributed by atoms with Gasteiger partial charge in [0.1, 0.15) is 6.04 Å². The highest BCUT2D eigenvalue weighted by Gasteiger charge is 2.15. The van der Waals surface area contributed by atoms with Gasteiger partial charge in [0.05, 0.1) is 6.42 Å². The molecule has 0 saturated heterocycles. The third-order valence-corrected chi connectivity index (χ3v) is 4.43. The van der Waals surface area contributed by atoms with Crippen LogP contribution in [0.4, 0.5) is 11.4 Å². The lowest BCUT2D eigenvalue weighted by atomic mass is 10.0. The first-order valence-electron chi connectivity index (χ1n) is 9.23. The van der Waals surface area contributed by atoms with E-state index in [1.54, 1.807) is 19.0 Å². The van der Waals surface area contributed by atoms with Gasteiger partial charge in [-0.15, -0.1) is 0 Å². The molecule has 0 aliphatic carbocycles. The summed E-state index contributed by atoms with van der Waals surface area (Å²) in [6.07, 6.45) is 0.370. The molecule has 0 bridgehead atoms. The number of hydrogen-bond acceptors (Lipinski definition) is 3. The van der Waals surface area contributed by atoms with Crippen LogP contribution in [0.5, 0.6) is 0 Å². The van der Waals surface area contributed by atoms with E-state index in [2.05, 4.69) is 24.5 Å². The van der Waals surface area contributed by atoms with Gasteiger partial charge >= 0.3 is 0 Å². The van der Waals surface area contributed by atoms with E-state index >= 15 is 0 Å². The molecular weight excluding hydrogens is 338 g/mol. The van der Waals surface area contributed by atoms with Crippen molar-refractivity contribution in [2.45, 2.75) is 39.2 Å². The average molecular weight is 367 g/mol. The van der Waals surface area contributed by atoms with Crippen LogP contribution < -0.4 is 10.6 Å². The molecule has 0 aliphatic heterocycles. The van der Waals surface area contributed by atoms with E-state index in [0.29, 0.717) is 12.3 Å². The number of hydrogen-bond donors (Lipinski definition) is 2. The number of carbonyl (C=O) groups is 2. The van der Waals surface area contributed by atoms with Gasteiger partial charge in [0.2, 0.25) is 11.8 Å². The number of amides is 2. The molecule has 2 aromatic rings. The highest BCUT2D eigenvalue weighted by Crippen LogP contribution is 2.24. The Balaban J connectivity index is 1.97. The number of carbonyl (C=O) groups excluding carboxylic acids is 2. The second kappa shape index (κ2) is 9.21. The normalized spacial score (nSPS) is 11.8. The topological polar surface area (TPSA) is 61.4 Å². The van der Waals surface area contributed by atoms with Crippen LogP contribution in [0, 0.1) is 0 Å². The van der Waals surface area contributed by atoms with Crippen molar-refractivity contribution in [1.82, 2.24) is 4.90 Å². The first-order chi connectivity index (χ1) is 12.8. The molecule has 0 aliphatic rings. The van der Waals surface area contributed by atoms with E-state index in [0.717, 1.165) is 22.5 Å². The van der Waals surface area contributed by atoms with Gasteiger partial charge in [-0.2, -0.15) is 0 Å². The quantitative estimate of drug-likeness (QED) is 0.781. The highest BCUT2D eigenvalue weighted by molar-refractivity contribution is 5.97. The Labute approximate surface area is 161 Å². The van der Waals surface area contributed by atoms with E-state index in [9.17, 15) is 9.59 Å². The zero-order valence-electron chi connectivity index (χ0n) is 16.7. The lowest BCUT2D eigenvalue weighted by molar-refractivity contribution is -0.128. The molecule has 5 nitrogen and oxygen atoms in total. The van der Waals surface area contributed by atoms with E-state index in [4.69, 9.17) is 0 Å². The van der Waals surface area contributed by atoms with Crippen molar-refractivity contribution < 1.29 is 9.59 Å². The van der Waals surface area contributed by atoms with E-state index in [-0.39, 0.29) is 17.9 Å². The monoisotopic (exact) mass is 367 g/mol. The van der Waals surface area contributed by atoms with Crippen LogP contribution in [0.1, 0.15) is 37.8 Å². The van der Waals surface area contributed by atoms with Gasteiger partial charge in [0.15, 0.2) is 0 Å². The van der Waals surface area contributed by atoms with Gasteiger partial charge in [-0.3, -0.25) is 9.59 Å². The average Bonchev–Trinajstić information content (AvgIpc) is 2.63. The molecule has 2 rings (SSSR count). The summed E-state index contributed by atoms with van der Waals surface area (Å²) < 4.78 is 0. The summed E-state index contributed by atoms with van der Waals surface area (Å²) in [5.74, 6) is 0.310. The fourth-order valence-electron chi connectivity index (χ4n) is 2.72. The van der Waals surface area contributed by atoms with Gasteiger partial charge in [0, 0.05) is 25.5 Å². The fourth-order valence-corrected chi connectivity index (χ4v) is 2.72. The predicted molar refractivity (Wildman–Crippen MR) is 111 cm³/mol. The molecule has 27 heavy (non-hydrogen) atoms. The highest BCUT2D eigenvalue weighted by atomic mass is 16.2. The Kier molecular flexibility index (Phi) is 6.99. The Morgan fingerprint density at radius 2 is 1.59 bits per heavy atom. The van der Waals surface area contributed by atoms with Crippen LogP contribution in [0.3, 0.4) is 0 Å². The largest absolute Gasteiger partial charge is 0.374 e. The zero-order valence-corrected chi connectivity index (χ0v) is 16.7. The Hall–Kier alpha value is -2.82. The third-order valence-electron chi connectivity index (χ3n) is 4.43. The van der Waals surface area contributed by atoms with E-state index in [1.165, 1.54) is 0 Å². The van der Waals surface area contributed by atoms with Crippen molar-refractivity contribution in [2.75, 3.05) is 24.7 Å². The summed E-state index contributed by atoms with van der Waals surface area (Å²) in [4.78, 5) is 25.9. The number of likely N-dealkylation sites (N-methyl/N-ethyl adjacent to an activating group) is 1. The van der Waals surface area contributed by atoms with Crippen LogP contribution in [-0.2, 0) is 16.0 Å². The molecule has 5 heteroatoms. The first kappa shape index (κ1) is 20.5. The van der Waals surface area contributed by atoms with Gasteiger partial charge in [-0.1, -0.05) is 44.2 Å². The molecule has 2 aromatic carbocycles. The molecule has 0 aromatic heterocycles. The number of anilines is 2. The van der Waals surface area contributed by atoms with Crippen LogP contribution in [0.15, 0.2) is 48.5 Å². The summed E-state index contributed by atoms with van der Waals surface area (Å²) in [7, 11) is 3.49. The number of para-hydroxylation sites is 1. The molecular formula is C22H29N3O2. The lowest BCUT2D eigenvalue weighted by Crippen LogP contribution is -2.32. The number of benzene rings is 2. The molecule has 2 amide bonds. The number of nitrogens with one attached hydrogen (secondary N) is 2. The summed E-state index contributed by atoms with van der Waals surface area (Å²) in [5.41, 5.74) is 3.76. The maximum atomic E-state index is 12.6. The van der Waals surface area contributed by atoms with Crippen LogP contribution in [0.2, 0.25) is 0 Å². The Morgan fingerprint density at radius 3 is 2.19 bits per heavy atom. The second-order valence-electron chi connectivity index (χ2n) is 7.26. The molecule has 1 atom stereocenters. The Bertz CT molecular complexity index is 782. The molecule has 2 N–H and O–H groups in total. The zero-order chi connectivity index (χ0) is 20.0. The summed E-state index contributed by atoms with van der Waals surface area (Å²) in [6, 6.07) is 15.1. The summed E-state index contributed by atoms with van der Waals surface area (Å²) in [6.45, 7) is 6.04. The van der Waals surface area contributed by atoms with Crippen molar-refractivity contribution in [3.8, 4) is 0 Å². The van der Waals surface area contributed by atoms with Gasteiger partial charge in [0.25, 0.3) is 0 Å². The summed E-state index contributed by atoms with van der Waals surface area (Å²) in [5, 5.41) is 6.22. The van der Waals surface area contributed by atoms with Gasteiger partial charge in [-0.05, 0) is 42.2 Å². The number of nitrogens with zero attached hydrogens (tertiary/aromatic N) is 1. The molecule has 0 fully saturated rings. The predicted octanol–water partition coefficient (Wildman–Crippen LogP) is 3.88. The van der Waals surface area contributed by atoms with Crippen molar-refractivity contribution in [2.24, 2.45) is 0 Å². The maximum Gasteiger partial charge on any atom is 0.246 e. The van der Waals surface area contributed by atoms with E-state index < -0.39 is 0 Å². The lowest BCUT2D eigenvalue weighted by Gasteiger charge is -2.18. The van der Waals surface area contributed by atoms with Gasteiger partial charge in [-0.25, -0.2) is 0 Å². The molecule has 0 saturated carbocycles. The third kappa shape index (κ3) is 5.84. The van der Waals surface area contributed by atoms with Crippen LogP contribution in [0.25, 0.3) is 0 Å². The maximum absolute atomic E-state index is 12.6. The second-order valence-corrected chi connectivity index (χ2v) is 7.26. The summed E-state index contributed by atoms with van der Waals surface area (Å²) >= 11 is 0. The smallest absolute Gasteiger partial charge is 0.246 e. The first-order valence-corrected chi connectivity index (χ1v) is 9.23. The fraction of sp³-hybridized carbons (Fsp3) is 0.364. The van der Waals surface area contributed by atoms with E-state index in [1.807, 2.05) is 55.5 Å². The van der Waals surface area contributed by atoms with Crippen molar-refractivity contribution in [3.63, 3.8) is 0 Å². The van der Waals surface area contributed by atoms with Crippen molar-refractivity contribution in [3.05, 3.63) is 59.7 Å². The molecule has 0 heterocycles. The Morgan fingerprint density at radius 1 is 0.963 bits per heavy atom. The van der Waals surface area contributed by atoms with Crippen LogP contribution >= 0.6 is 0 Å². The molecule has 0 radical (unpaired) electrons. The van der Waals surface area contributed by atoms with Gasteiger partial charge < -0.3 is 15.5 Å². The standard InChI is InChI=1S/C22H29N3O2/c1-15(2)19-8-6-7-9-20(19)24-22(27)16(3)23-18-12-10-17(11-13-18)14-21(26)25(4)5/h6-13,15-16,23H,14H2,1-5H3,(H,24,27). The molecule has 0 spiro atoms. The van der Waals surface area contributed by atoms with Crippen molar-refractivity contribution in [1.29, 1.82) is 0 Å². The molecule has 144 valence electrons.